The summed E-state index contributed by atoms with van der Waals surface area (Å²) in [5.41, 5.74) is 8.34. The van der Waals surface area contributed by atoms with Crippen LogP contribution >= 0.6 is 11.8 Å². The lowest BCUT2D eigenvalue weighted by molar-refractivity contribution is 0.769. The van der Waals surface area contributed by atoms with Gasteiger partial charge in [0.05, 0.1) is 0 Å². The number of thioether (sulfide) groups is 1. The van der Waals surface area contributed by atoms with Crippen molar-refractivity contribution in [2.75, 3.05) is 6.54 Å². The molecule has 0 radical (unpaired) electrons. The third-order valence-electron chi connectivity index (χ3n) is 2.54. The molecule has 0 saturated carbocycles. The van der Waals surface area contributed by atoms with Gasteiger partial charge < -0.3 is 11.1 Å². The van der Waals surface area contributed by atoms with E-state index in [0.717, 1.165) is 6.42 Å². The van der Waals surface area contributed by atoms with E-state index < -0.39 is 0 Å². The third kappa shape index (κ3) is 2.19. The highest BCUT2D eigenvalue weighted by Gasteiger charge is 2.22. The smallest absolute Gasteiger partial charge is 0.102 e. The first-order valence-corrected chi connectivity index (χ1v) is 6.13. The molecule has 2 rings (SSSR count). The van der Waals surface area contributed by atoms with Crippen molar-refractivity contribution in [3.63, 3.8) is 0 Å². The van der Waals surface area contributed by atoms with E-state index >= 15 is 0 Å². The standard InChI is InChI=1S/C12H16N2S/c1-2-10-11(8-13)15-12(14-10)9-6-4-3-5-7-9/h3-7,12,14H,2,8,13H2,1H3. The first-order chi connectivity index (χ1) is 7.35. The number of nitrogens with two attached hydrogens (primary N) is 1. The Morgan fingerprint density at radius 1 is 1.33 bits per heavy atom. The topological polar surface area (TPSA) is 38.0 Å². The largest absolute Gasteiger partial charge is 0.372 e. The van der Waals surface area contributed by atoms with Crippen LogP contribution < -0.4 is 11.1 Å². The number of nitrogens with one attached hydrogen (secondary N) is 1. The predicted molar refractivity (Wildman–Crippen MR) is 66.3 cm³/mol. The van der Waals surface area contributed by atoms with Crippen LogP contribution in [-0.4, -0.2) is 6.54 Å². The molecule has 2 nitrogen and oxygen atoms in total. The monoisotopic (exact) mass is 220 g/mol. The molecule has 1 atom stereocenters. The van der Waals surface area contributed by atoms with Gasteiger partial charge in [-0.05, 0) is 12.0 Å². The maximum atomic E-state index is 5.72. The van der Waals surface area contributed by atoms with Crippen LogP contribution in [0.4, 0.5) is 0 Å². The Balaban J connectivity index is 2.13. The van der Waals surface area contributed by atoms with Crippen molar-refractivity contribution in [2.24, 2.45) is 5.73 Å². The second kappa shape index (κ2) is 4.73. The highest BCUT2D eigenvalue weighted by Crippen LogP contribution is 2.40. The molecular weight excluding hydrogens is 204 g/mol. The molecule has 0 bridgehead atoms. The number of allylic oxidation sites excluding steroid dienone is 1. The summed E-state index contributed by atoms with van der Waals surface area (Å²) in [6, 6.07) is 10.5. The summed E-state index contributed by atoms with van der Waals surface area (Å²) in [5, 5.41) is 3.87. The maximum Gasteiger partial charge on any atom is 0.102 e. The normalized spacial score (nSPS) is 20.5. The van der Waals surface area contributed by atoms with Gasteiger partial charge in [0.2, 0.25) is 0 Å². The van der Waals surface area contributed by atoms with Crippen molar-refractivity contribution in [2.45, 2.75) is 18.7 Å². The fourth-order valence-corrected chi connectivity index (χ4v) is 2.95. The van der Waals surface area contributed by atoms with Gasteiger partial charge in [0.15, 0.2) is 0 Å². The molecule has 1 aromatic carbocycles. The van der Waals surface area contributed by atoms with Crippen LogP contribution in [0.25, 0.3) is 0 Å². The van der Waals surface area contributed by atoms with E-state index in [1.54, 1.807) is 0 Å². The van der Waals surface area contributed by atoms with E-state index in [1.165, 1.54) is 16.2 Å². The number of hydrogen-bond acceptors (Lipinski definition) is 3. The van der Waals surface area contributed by atoms with Crippen LogP contribution in [0.1, 0.15) is 24.3 Å². The lowest BCUT2D eigenvalue weighted by Gasteiger charge is -2.12. The zero-order valence-electron chi connectivity index (χ0n) is 8.86. The highest BCUT2D eigenvalue weighted by atomic mass is 32.2. The lowest BCUT2D eigenvalue weighted by atomic mass is 10.2. The van der Waals surface area contributed by atoms with Gasteiger partial charge >= 0.3 is 0 Å². The molecule has 0 aliphatic carbocycles. The van der Waals surface area contributed by atoms with Crippen molar-refractivity contribution in [1.29, 1.82) is 0 Å². The van der Waals surface area contributed by atoms with E-state index in [2.05, 4.69) is 36.5 Å². The molecule has 1 aliphatic rings. The maximum absolute atomic E-state index is 5.72. The van der Waals surface area contributed by atoms with E-state index in [1.807, 2.05) is 17.8 Å². The summed E-state index contributed by atoms with van der Waals surface area (Å²) in [4.78, 5) is 1.30. The third-order valence-corrected chi connectivity index (χ3v) is 3.87. The van der Waals surface area contributed by atoms with Crippen LogP contribution in [0, 0.1) is 0 Å². The van der Waals surface area contributed by atoms with Crippen LogP contribution in [-0.2, 0) is 0 Å². The van der Waals surface area contributed by atoms with Gasteiger partial charge in [-0.3, -0.25) is 0 Å². The molecule has 3 N–H and O–H groups in total. The molecule has 3 heteroatoms. The van der Waals surface area contributed by atoms with Gasteiger partial charge in [0.25, 0.3) is 0 Å². The summed E-state index contributed by atoms with van der Waals surface area (Å²) in [7, 11) is 0. The van der Waals surface area contributed by atoms with Gasteiger partial charge in [-0.25, -0.2) is 0 Å². The first kappa shape index (κ1) is 10.6. The molecule has 1 aliphatic heterocycles. The molecule has 15 heavy (non-hydrogen) atoms. The summed E-state index contributed by atoms with van der Waals surface area (Å²) >= 11 is 1.84. The van der Waals surface area contributed by atoms with Gasteiger partial charge in [0.1, 0.15) is 5.37 Å². The SMILES string of the molecule is CCC1=C(CN)SC(c2ccccc2)N1. The number of benzene rings is 1. The number of rotatable bonds is 3. The predicted octanol–water partition coefficient (Wildman–Crippen LogP) is 2.60. The first-order valence-electron chi connectivity index (χ1n) is 5.25. The van der Waals surface area contributed by atoms with Crippen molar-refractivity contribution < 1.29 is 0 Å². The second-order valence-corrected chi connectivity index (χ2v) is 4.71. The van der Waals surface area contributed by atoms with Gasteiger partial charge in [0, 0.05) is 17.1 Å². The Morgan fingerprint density at radius 2 is 2.07 bits per heavy atom. The molecule has 0 saturated heterocycles. The zero-order valence-corrected chi connectivity index (χ0v) is 9.68. The highest BCUT2D eigenvalue weighted by molar-refractivity contribution is 8.03. The number of hydrogen-bond donors (Lipinski definition) is 2. The van der Waals surface area contributed by atoms with E-state index in [0.29, 0.717) is 11.9 Å². The van der Waals surface area contributed by atoms with Gasteiger partial charge in [-0.1, -0.05) is 49.0 Å². The van der Waals surface area contributed by atoms with Crippen LogP contribution in [0.2, 0.25) is 0 Å². The summed E-state index contributed by atoms with van der Waals surface area (Å²) in [6.07, 6.45) is 1.03. The minimum atomic E-state index is 0.347. The van der Waals surface area contributed by atoms with Crippen molar-refractivity contribution >= 4 is 11.8 Å². The molecule has 1 unspecified atom stereocenters. The molecule has 0 amide bonds. The van der Waals surface area contributed by atoms with Crippen molar-refractivity contribution in [3.8, 4) is 0 Å². The molecule has 0 aromatic heterocycles. The molecular formula is C12H16N2S. The van der Waals surface area contributed by atoms with Gasteiger partial charge in [-0.2, -0.15) is 0 Å². The second-order valence-electron chi connectivity index (χ2n) is 3.51. The molecule has 0 spiro atoms. The minimum absolute atomic E-state index is 0.347. The summed E-state index contributed by atoms with van der Waals surface area (Å²) in [5.74, 6) is 0. The Labute approximate surface area is 94.9 Å². The fourth-order valence-electron chi connectivity index (χ4n) is 1.73. The molecule has 1 aromatic rings. The van der Waals surface area contributed by atoms with E-state index in [-0.39, 0.29) is 0 Å². The molecule has 1 heterocycles. The fraction of sp³-hybridized carbons (Fsp3) is 0.333. The Bertz CT molecular complexity index is 343. The Hall–Kier alpha value is -0.930. The van der Waals surface area contributed by atoms with Crippen LogP contribution in [0.5, 0.6) is 0 Å². The zero-order chi connectivity index (χ0) is 10.7. The minimum Gasteiger partial charge on any atom is -0.372 e. The Morgan fingerprint density at radius 3 is 2.60 bits per heavy atom. The van der Waals surface area contributed by atoms with E-state index in [9.17, 15) is 0 Å². The lowest BCUT2D eigenvalue weighted by Crippen LogP contribution is -2.12. The van der Waals surface area contributed by atoms with Crippen LogP contribution in [0.3, 0.4) is 0 Å². The van der Waals surface area contributed by atoms with Crippen LogP contribution in [0.15, 0.2) is 40.9 Å². The quantitative estimate of drug-likeness (QED) is 0.822. The van der Waals surface area contributed by atoms with Crippen molar-refractivity contribution in [3.05, 3.63) is 46.5 Å². The van der Waals surface area contributed by atoms with Crippen molar-refractivity contribution in [1.82, 2.24) is 5.32 Å². The average molecular weight is 220 g/mol. The molecule has 80 valence electrons. The van der Waals surface area contributed by atoms with E-state index in [4.69, 9.17) is 5.73 Å². The average Bonchev–Trinajstić information content (AvgIpc) is 2.73. The molecule has 0 fully saturated rings. The summed E-state index contributed by atoms with van der Waals surface area (Å²) in [6.45, 7) is 2.80. The Kier molecular flexibility index (Phi) is 3.34. The summed E-state index contributed by atoms with van der Waals surface area (Å²) < 4.78 is 0. The van der Waals surface area contributed by atoms with Gasteiger partial charge in [-0.15, -0.1) is 0 Å².